The average Bonchev–Trinajstić information content (AvgIpc) is 2.72. The van der Waals surface area contributed by atoms with Crippen LogP contribution in [-0.4, -0.2) is 44.7 Å². The molecule has 1 saturated carbocycles. The predicted octanol–water partition coefficient (Wildman–Crippen LogP) is -1.36. The predicted molar refractivity (Wildman–Crippen MR) is 66.5 cm³/mol. The van der Waals surface area contributed by atoms with E-state index in [9.17, 15) is 14.7 Å². The number of nitrogens with one attached hydrogen (secondary N) is 1. The minimum absolute atomic E-state index is 0.0916. The van der Waals surface area contributed by atoms with Gasteiger partial charge in [-0.3, -0.25) is 9.59 Å². The second-order valence-corrected chi connectivity index (χ2v) is 4.83. The van der Waals surface area contributed by atoms with E-state index in [0.717, 1.165) is 4.68 Å². The molecule has 0 radical (unpaired) electrons. The fraction of sp³-hybridized carbons (Fsp3) is 0.583. The van der Waals surface area contributed by atoms with Gasteiger partial charge in [0.1, 0.15) is 5.69 Å². The van der Waals surface area contributed by atoms with Gasteiger partial charge in [0.25, 0.3) is 11.5 Å². The Morgan fingerprint density at radius 2 is 2.26 bits per heavy atom. The number of aryl methyl sites for hydroxylation is 1. The number of aliphatic hydroxyl groups excluding tert-OH is 2. The summed E-state index contributed by atoms with van der Waals surface area (Å²) in [5, 5.41) is 25.3. The summed E-state index contributed by atoms with van der Waals surface area (Å²) in [5.74, 6) is -0.579. The van der Waals surface area contributed by atoms with E-state index >= 15 is 0 Å². The molecule has 0 aromatic carbocycles. The van der Waals surface area contributed by atoms with E-state index in [2.05, 4.69) is 10.4 Å². The Kier molecular flexibility index (Phi) is 3.96. The Hall–Kier alpha value is -1.73. The second kappa shape index (κ2) is 5.50. The molecule has 7 nitrogen and oxygen atoms in total. The summed E-state index contributed by atoms with van der Waals surface area (Å²) in [6.45, 7) is -0.0916. The minimum Gasteiger partial charge on any atom is -0.396 e. The molecular weight excluding hydrogens is 250 g/mol. The zero-order chi connectivity index (χ0) is 14.0. The molecule has 1 amide bonds. The maximum atomic E-state index is 11.9. The molecule has 7 heteroatoms. The third kappa shape index (κ3) is 2.99. The molecule has 0 bridgehead atoms. The molecule has 1 aliphatic carbocycles. The lowest BCUT2D eigenvalue weighted by Crippen LogP contribution is -2.35. The first-order chi connectivity index (χ1) is 9.01. The Morgan fingerprint density at radius 3 is 2.84 bits per heavy atom. The molecule has 104 valence electrons. The summed E-state index contributed by atoms with van der Waals surface area (Å²) in [6.07, 6.45) is 0.362. The van der Waals surface area contributed by atoms with Crippen LogP contribution in [0.25, 0.3) is 0 Å². The van der Waals surface area contributed by atoms with Crippen molar-refractivity contribution in [2.24, 2.45) is 13.0 Å². The number of aromatic nitrogens is 2. The number of amides is 1. The topological polar surface area (TPSA) is 104 Å². The molecular formula is C12H17N3O4. The Labute approximate surface area is 109 Å². The van der Waals surface area contributed by atoms with Crippen LogP contribution >= 0.6 is 0 Å². The summed E-state index contributed by atoms with van der Waals surface area (Å²) in [7, 11) is 1.47. The molecule has 0 saturated heterocycles. The van der Waals surface area contributed by atoms with Gasteiger partial charge in [0.15, 0.2) is 0 Å². The summed E-state index contributed by atoms with van der Waals surface area (Å²) < 4.78 is 1.09. The van der Waals surface area contributed by atoms with E-state index < -0.39 is 6.10 Å². The van der Waals surface area contributed by atoms with Crippen molar-refractivity contribution in [3.63, 3.8) is 0 Å². The molecule has 0 spiro atoms. The van der Waals surface area contributed by atoms with Crippen LogP contribution in [-0.2, 0) is 7.05 Å². The van der Waals surface area contributed by atoms with Crippen molar-refractivity contribution in [2.45, 2.75) is 25.0 Å². The molecule has 1 aromatic rings. The summed E-state index contributed by atoms with van der Waals surface area (Å²) in [6, 6.07) is 2.47. The lowest BCUT2D eigenvalue weighted by Gasteiger charge is -2.12. The SMILES string of the molecule is Cn1nc(C(=O)N[C@H]2C[C@H](CO)[C@@H](O)C2)ccc1=O. The van der Waals surface area contributed by atoms with E-state index in [0.29, 0.717) is 12.8 Å². The van der Waals surface area contributed by atoms with E-state index in [1.54, 1.807) is 0 Å². The highest BCUT2D eigenvalue weighted by molar-refractivity contribution is 5.92. The monoisotopic (exact) mass is 267 g/mol. The number of aliphatic hydroxyl groups is 2. The van der Waals surface area contributed by atoms with Crippen LogP contribution in [0.1, 0.15) is 23.3 Å². The van der Waals surface area contributed by atoms with Gasteiger partial charge < -0.3 is 15.5 Å². The zero-order valence-electron chi connectivity index (χ0n) is 10.6. The van der Waals surface area contributed by atoms with Crippen LogP contribution in [0.5, 0.6) is 0 Å². The van der Waals surface area contributed by atoms with Crippen molar-refractivity contribution in [1.29, 1.82) is 0 Å². The Bertz CT molecular complexity index is 528. The van der Waals surface area contributed by atoms with E-state index in [-0.39, 0.29) is 35.7 Å². The molecule has 1 aromatic heterocycles. The number of rotatable bonds is 3. The molecule has 3 atom stereocenters. The van der Waals surface area contributed by atoms with Crippen molar-refractivity contribution in [3.05, 3.63) is 28.2 Å². The summed E-state index contributed by atoms with van der Waals surface area (Å²) in [4.78, 5) is 23.1. The van der Waals surface area contributed by atoms with Crippen molar-refractivity contribution in [3.8, 4) is 0 Å². The van der Waals surface area contributed by atoms with Crippen LogP contribution in [0.15, 0.2) is 16.9 Å². The maximum Gasteiger partial charge on any atom is 0.271 e. The van der Waals surface area contributed by atoms with Crippen molar-refractivity contribution < 1.29 is 15.0 Å². The number of carbonyl (C=O) groups is 1. The first-order valence-electron chi connectivity index (χ1n) is 6.15. The van der Waals surface area contributed by atoms with Gasteiger partial charge in [0, 0.05) is 31.7 Å². The fourth-order valence-corrected chi connectivity index (χ4v) is 2.30. The standard InChI is InChI=1S/C12H17N3O4/c1-15-11(18)3-2-9(14-15)12(19)13-8-4-7(6-16)10(17)5-8/h2-3,7-8,10,16-17H,4-6H2,1H3,(H,13,19)/t7-,8+,10+/m1/s1. The molecule has 1 heterocycles. The normalized spacial score (nSPS) is 26.4. The molecule has 1 aliphatic rings. The van der Waals surface area contributed by atoms with Gasteiger partial charge in [0.2, 0.25) is 0 Å². The minimum atomic E-state index is -0.594. The molecule has 19 heavy (non-hydrogen) atoms. The van der Waals surface area contributed by atoms with Gasteiger partial charge in [-0.2, -0.15) is 5.10 Å². The maximum absolute atomic E-state index is 11.9. The average molecular weight is 267 g/mol. The molecule has 2 rings (SSSR count). The van der Waals surface area contributed by atoms with Crippen LogP contribution in [0, 0.1) is 5.92 Å². The molecule has 3 N–H and O–H groups in total. The van der Waals surface area contributed by atoms with Crippen molar-refractivity contribution in [2.75, 3.05) is 6.61 Å². The van der Waals surface area contributed by atoms with Gasteiger partial charge in [-0.25, -0.2) is 4.68 Å². The lowest BCUT2D eigenvalue weighted by molar-refractivity contribution is 0.0902. The Morgan fingerprint density at radius 1 is 1.53 bits per heavy atom. The van der Waals surface area contributed by atoms with Crippen molar-refractivity contribution in [1.82, 2.24) is 15.1 Å². The van der Waals surface area contributed by atoms with Crippen LogP contribution < -0.4 is 10.9 Å². The third-order valence-corrected chi connectivity index (χ3v) is 3.42. The summed E-state index contributed by atoms with van der Waals surface area (Å²) in [5.41, 5.74) is -0.128. The fourth-order valence-electron chi connectivity index (χ4n) is 2.30. The van der Waals surface area contributed by atoms with Crippen molar-refractivity contribution >= 4 is 5.91 Å². The van der Waals surface area contributed by atoms with Gasteiger partial charge in [-0.1, -0.05) is 0 Å². The molecule has 1 fully saturated rings. The van der Waals surface area contributed by atoms with Crippen LogP contribution in [0.2, 0.25) is 0 Å². The quantitative estimate of drug-likeness (QED) is 0.627. The largest absolute Gasteiger partial charge is 0.396 e. The Balaban J connectivity index is 2.02. The number of nitrogens with zero attached hydrogens (tertiary/aromatic N) is 2. The highest BCUT2D eigenvalue weighted by Crippen LogP contribution is 2.25. The zero-order valence-corrected chi connectivity index (χ0v) is 10.6. The van der Waals surface area contributed by atoms with E-state index in [4.69, 9.17) is 5.11 Å². The van der Waals surface area contributed by atoms with E-state index in [1.807, 2.05) is 0 Å². The smallest absolute Gasteiger partial charge is 0.271 e. The van der Waals surface area contributed by atoms with Crippen LogP contribution in [0.3, 0.4) is 0 Å². The first kappa shape index (κ1) is 13.7. The van der Waals surface area contributed by atoms with Gasteiger partial charge in [-0.15, -0.1) is 0 Å². The van der Waals surface area contributed by atoms with Gasteiger partial charge >= 0.3 is 0 Å². The highest BCUT2D eigenvalue weighted by atomic mass is 16.3. The lowest BCUT2D eigenvalue weighted by atomic mass is 10.1. The number of hydrogen-bond donors (Lipinski definition) is 3. The second-order valence-electron chi connectivity index (χ2n) is 4.83. The third-order valence-electron chi connectivity index (χ3n) is 3.42. The number of carbonyl (C=O) groups excluding carboxylic acids is 1. The van der Waals surface area contributed by atoms with Crippen LogP contribution in [0.4, 0.5) is 0 Å². The number of hydrogen-bond acceptors (Lipinski definition) is 5. The van der Waals surface area contributed by atoms with Gasteiger partial charge in [0.05, 0.1) is 6.10 Å². The first-order valence-corrected chi connectivity index (χ1v) is 6.15. The molecule has 0 unspecified atom stereocenters. The summed E-state index contributed by atoms with van der Waals surface area (Å²) >= 11 is 0. The van der Waals surface area contributed by atoms with Gasteiger partial charge in [-0.05, 0) is 18.9 Å². The molecule has 0 aliphatic heterocycles. The van der Waals surface area contributed by atoms with E-state index in [1.165, 1.54) is 19.2 Å². The highest BCUT2D eigenvalue weighted by Gasteiger charge is 2.33.